The summed E-state index contributed by atoms with van der Waals surface area (Å²) >= 11 is 0. The maximum atomic E-state index is 13.5. The summed E-state index contributed by atoms with van der Waals surface area (Å²) in [4.78, 5) is 0. The van der Waals surface area contributed by atoms with Crippen molar-refractivity contribution < 1.29 is 9.13 Å². The lowest BCUT2D eigenvalue weighted by molar-refractivity contribution is 0.356. The number of rotatable bonds is 2. The molecule has 1 aromatic carbocycles. The number of benzene rings is 1. The van der Waals surface area contributed by atoms with E-state index in [1.165, 1.54) is 26.0 Å². The van der Waals surface area contributed by atoms with Crippen molar-refractivity contribution in [3.63, 3.8) is 0 Å². The average molecular weight is 209 g/mol. The van der Waals surface area contributed by atoms with E-state index in [1.807, 2.05) is 6.07 Å². The lowest BCUT2D eigenvalue weighted by Crippen LogP contribution is -2.27. The molecule has 0 unspecified atom stereocenters. The van der Waals surface area contributed by atoms with Gasteiger partial charge in [-0.2, -0.15) is 0 Å². The van der Waals surface area contributed by atoms with Gasteiger partial charge in [-0.1, -0.05) is 18.6 Å². The molecule has 1 fully saturated rings. The third-order valence-electron chi connectivity index (χ3n) is 2.89. The van der Waals surface area contributed by atoms with E-state index in [0.29, 0.717) is 5.75 Å². The summed E-state index contributed by atoms with van der Waals surface area (Å²) in [5.41, 5.74) is 0.942. The summed E-state index contributed by atoms with van der Waals surface area (Å²) in [5, 5.41) is 3.39. The van der Waals surface area contributed by atoms with Crippen LogP contribution >= 0.6 is 0 Å². The van der Waals surface area contributed by atoms with Gasteiger partial charge in [-0.05, 0) is 25.5 Å². The van der Waals surface area contributed by atoms with E-state index in [0.717, 1.165) is 18.5 Å². The molecule has 0 bridgehead atoms. The molecule has 0 amide bonds. The zero-order chi connectivity index (χ0) is 10.7. The Bertz CT molecular complexity index is 334. The number of ether oxygens (including phenoxy) is 1. The molecule has 15 heavy (non-hydrogen) atoms. The van der Waals surface area contributed by atoms with Crippen LogP contribution in [0.15, 0.2) is 18.2 Å². The van der Waals surface area contributed by atoms with Gasteiger partial charge < -0.3 is 10.1 Å². The van der Waals surface area contributed by atoms with E-state index in [4.69, 9.17) is 4.74 Å². The molecule has 0 radical (unpaired) electrons. The van der Waals surface area contributed by atoms with E-state index in [9.17, 15) is 4.39 Å². The molecule has 0 aliphatic carbocycles. The van der Waals surface area contributed by atoms with E-state index in [1.54, 1.807) is 6.07 Å². The van der Waals surface area contributed by atoms with Gasteiger partial charge in [0.2, 0.25) is 0 Å². The molecule has 0 saturated carbocycles. The first-order valence-corrected chi connectivity index (χ1v) is 5.38. The quantitative estimate of drug-likeness (QED) is 0.808. The highest BCUT2D eigenvalue weighted by Gasteiger charge is 2.20. The first-order chi connectivity index (χ1) is 7.33. The highest BCUT2D eigenvalue weighted by atomic mass is 19.1. The smallest absolute Gasteiger partial charge is 0.165 e. The van der Waals surface area contributed by atoms with Gasteiger partial charge in [0.1, 0.15) is 0 Å². The summed E-state index contributed by atoms with van der Waals surface area (Å²) in [7, 11) is 1.52. The topological polar surface area (TPSA) is 21.3 Å². The summed E-state index contributed by atoms with van der Waals surface area (Å²) < 4.78 is 18.6. The number of nitrogens with one attached hydrogen (secondary N) is 1. The van der Waals surface area contributed by atoms with Gasteiger partial charge in [0, 0.05) is 11.6 Å². The normalized spacial score (nSPS) is 21.3. The van der Waals surface area contributed by atoms with Crippen molar-refractivity contribution in [3.8, 4) is 5.75 Å². The van der Waals surface area contributed by atoms with Gasteiger partial charge in [-0.3, -0.25) is 0 Å². The van der Waals surface area contributed by atoms with Crippen molar-refractivity contribution in [1.82, 2.24) is 5.32 Å². The van der Waals surface area contributed by atoms with Crippen LogP contribution in [0.5, 0.6) is 5.75 Å². The van der Waals surface area contributed by atoms with Gasteiger partial charge in [-0.25, -0.2) is 4.39 Å². The Kier molecular flexibility index (Phi) is 3.21. The van der Waals surface area contributed by atoms with E-state index < -0.39 is 0 Å². The molecule has 0 spiro atoms. The van der Waals surface area contributed by atoms with Crippen LogP contribution in [0.2, 0.25) is 0 Å². The third-order valence-corrected chi connectivity index (χ3v) is 2.89. The van der Waals surface area contributed by atoms with Crippen LogP contribution in [0.4, 0.5) is 4.39 Å². The lowest BCUT2D eigenvalue weighted by atomic mass is 9.96. The van der Waals surface area contributed by atoms with Crippen LogP contribution < -0.4 is 10.1 Å². The highest BCUT2D eigenvalue weighted by molar-refractivity contribution is 5.37. The van der Waals surface area contributed by atoms with Gasteiger partial charge in [0.15, 0.2) is 11.6 Å². The molecule has 1 N–H and O–H groups in total. The van der Waals surface area contributed by atoms with Crippen LogP contribution in [0, 0.1) is 5.82 Å². The minimum atomic E-state index is -0.276. The first-order valence-electron chi connectivity index (χ1n) is 5.38. The number of hydrogen-bond donors (Lipinski definition) is 1. The SMILES string of the molecule is COc1c(F)cccc1[C@H]1CCCCN1. The molecular formula is C12H16FNO. The summed E-state index contributed by atoms with van der Waals surface area (Å²) in [6.45, 7) is 1.00. The molecule has 82 valence electrons. The second-order valence-corrected chi connectivity index (χ2v) is 3.86. The molecule has 1 aromatic rings. The Labute approximate surface area is 89.4 Å². The van der Waals surface area contributed by atoms with Crippen molar-refractivity contribution in [3.05, 3.63) is 29.6 Å². The van der Waals surface area contributed by atoms with E-state index >= 15 is 0 Å². The van der Waals surface area contributed by atoms with E-state index in [-0.39, 0.29) is 11.9 Å². The fourth-order valence-electron chi connectivity index (χ4n) is 2.13. The van der Waals surface area contributed by atoms with Gasteiger partial charge >= 0.3 is 0 Å². The van der Waals surface area contributed by atoms with Gasteiger partial charge in [0.05, 0.1) is 7.11 Å². The third kappa shape index (κ3) is 2.12. The van der Waals surface area contributed by atoms with Crippen molar-refractivity contribution in [2.45, 2.75) is 25.3 Å². The van der Waals surface area contributed by atoms with Crippen molar-refractivity contribution in [2.75, 3.05) is 13.7 Å². The molecule has 1 aliphatic rings. The van der Waals surface area contributed by atoms with Crippen molar-refractivity contribution in [1.29, 1.82) is 0 Å². The Hall–Kier alpha value is -1.09. The standard InChI is InChI=1S/C12H16FNO/c1-15-12-9(5-4-6-10(12)13)11-7-2-3-8-14-11/h4-6,11,14H,2-3,7-8H2,1H3/t11-/m1/s1. The molecule has 2 rings (SSSR count). The van der Waals surface area contributed by atoms with Crippen molar-refractivity contribution in [2.24, 2.45) is 0 Å². The Morgan fingerprint density at radius 1 is 1.40 bits per heavy atom. The molecule has 0 aromatic heterocycles. The summed E-state index contributed by atoms with van der Waals surface area (Å²) in [6.07, 6.45) is 3.45. The second kappa shape index (κ2) is 4.62. The fourth-order valence-corrected chi connectivity index (χ4v) is 2.13. The van der Waals surface area contributed by atoms with Crippen LogP contribution in [0.3, 0.4) is 0 Å². The maximum Gasteiger partial charge on any atom is 0.165 e. The largest absolute Gasteiger partial charge is 0.493 e. The lowest BCUT2D eigenvalue weighted by Gasteiger charge is -2.25. The molecule has 1 atom stereocenters. The molecule has 1 saturated heterocycles. The zero-order valence-electron chi connectivity index (χ0n) is 8.92. The molecule has 1 heterocycles. The number of methoxy groups -OCH3 is 1. The summed E-state index contributed by atoms with van der Waals surface area (Å²) in [5.74, 6) is 0.110. The first kappa shape index (κ1) is 10.4. The van der Waals surface area contributed by atoms with Crippen LogP contribution in [-0.2, 0) is 0 Å². The Balaban J connectivity index is 2.29. The molecule has 1 aliphatic heterocycles. The minimum Gasteiger partial charge on any atom is -0.493 e. The maximum absolute atomic E-state index is 13.5. The van der Waals surface area contributed by atoms with Crippen molar-refractivity contribution >= 4 is 0 Å². The number of halogens is 1. The van der Waals surface area contributed by atoms with Crippen LogP contribution in [0.25, 0.3) is 0 Å². The Morgan fingerprint density at radius 2 is 2.27 bits per heavy atom. The van der Waals surface area contributed by atoms with Gasteiger partial charge in [0.25, 0.3) is 0 Å². The second-order valence-electron chi connectivity index (χ2n) is 3.86. The van der Waals surface area contributed by atoms with Gasteiger partial charge in [-0.15, -0.1) is 0 Å². The number of piperidine rings is 1. The monoisotopic (exact) mass is 209 g/mol. The number of para-hydroxylation sites is 1. The molecule has 2 nitrogen and oxygen atoms in total. The van der Waals surface area contributed by atoms with E-state index in [2.05, 4.69) is 5.32 Å². The molecular weight excluding hydrogens is 193 g/mol. The molecule has 3 heteroatoms. The minimum absolute atomic E-state index is 0.240. The predicted octanol–water partition coefficient (Wildman–Crippen LogP) is 2.65. The van der Waals surface area contributed by atoms with Crippen LogP contribution in [-0.4, -0.2) is 13.7 Å². The summed E-state index contributed by atoms with van der Waals surface area (Å²) in [6, 6.07) is 5.35. The Morgan fingerprint density at radius 3 is 2.93 bits per heavy atom. The average Bonchev–Trinajstić information content (AvgIpc) is 2.30. The zero-order valence-corrected chi connectivity index (χ0v) is 8.92. The predicted molar refractivity (Wildman–Crippen MR) is 57.5 cm³/mol. The fraction of sp³-hybridized carbons (Fsp3) is 0.500. The number of hydrogen-bond acceptors (Lipinski definition) is 2. The highest BCUT2D eigenvalue weighted by Crippen LogP contribution is 2.32. The van der Waals surface area contributed by atoms with Crippen LogP contribution in [0.1, 0.15) is 30.9 Å².